The quantitative estimate of drug-likeness (QED) is 0.364. The first kappa shape index (κ1) is 24.7. The Hall–Kier alpha value is -5.60. The van der Waals surface area contributed by atoms with E-state index in [0.717, 1.165) is 33.0 Å². The summed E-state index contributed by atoms with van der Waals surface area (Å²) in [5, 5.41) is 22.0. The summed E-state index contributed by atoms with van der Waals surface area (Å²) in [6.45, 7) is 0. The van der Waals surface area contributed by atoms with Crippen molar-refractivity contribution in [2.24, 2.45) is 11.5 Å². The van der Waals surface area contributed by atoms with Crippen molar-refractivity contribution in [3.63, 3.8) is 0 Å². The highest BCUT2D eigenvalue weighted by Crippen LogP contribution is 2.57. The molecule has 2 heterocycles. The van der Waals surface area contributed by atoms with Crippen LogP contribution in [0.15, 0.2) is 95.7 Å². The molecule has 0 aliphatic carbocycles. The molecule has 196 valence electrons. The number of nitrogens with two attached hydrogens (primary N) is 2. The highest BCUT2D eigenvalue weighted by molar-refractivity contribution is 5.97. The van der Waals surface area contributed by atoms with Crippen LogP contribution in [0.3, 0.4) is 0 Å². The lowest BCUT2D eigenvalue weighted by Crippen LogP contribution is -2.26. The zero-order valence-corrected chi connectivity index (χ0v) is 21.8. The molecular formula is C32H24N4O4. The Bertz CT molecular complexity index is 1680. The van der Waals surface area contributed by atoms with Gasteiger partial charge in [-0.05, 0) is 46.2 Å². The van der Waals surface area contributed by atoms with Gasteiger partial charge in [-0.15, -0.1) is 0 Å². The van der Waals surface area contributed by atoms with Crippen molar-refractivity contribution in [1.29, 1.82) is 10.5 Å². The van der Waals surface area contributed by atoms with E-state index in [0.29, 0.717) is 23.0 Å². The second-order valence-electron chi connectivity index (χ2n) is 9.43. The monoisotopic (exact) mass is 528 g/mol. The van der Waals surface area contributed by atoms with Crippen molar-refractivity contribution in [2.45, 2.75) is 11.8 Å². The summed E-state index contributed by atoms with van der Waals surface area (Å²) in [6, 6.07) is 27.3. The maximum atomic E-state index is 10.2. The molecule has 0 saturated heterocycles. The van der Waals surface area contributed by atoms with Gasteiger partial charge in [0.25, 0.3) is 0 Å². The minimum atomic E-state index is -0.541. The Morgan fingerprint density at radius 3 is 1.32 bits per heavy atom. The first-order valence-electron chi connectivity index (χ1n) is 12.5. The summed E-state index contributed by atoms with van der Waals surface area (Å²) in [5.74, 6) is 0.983. The van der Waals surface area contributed by atoms with Crippen LogP contribution in [0.1, 0.15) is 34.1 Å². The molecule has 2 unspecified atom stereocenters. The van der Waals surface area contributed by atoms with Crippen LogP contribution in [0.5, 0.6) is 23.0 Å². The number of rotatable bonds is 4. The second kappa shape index (κ2) is 9.61. The van der Waals surface area contributed by atoms with Crippen LogP contribution in [0.25, 0.3) is 10.8 Å². The topological polar surface area (TPSA) is 137 Å². The van der Waals surface area contributed by atoms with Gasteiger partial charge in [-0.2, -0.15) is 10.5 Å². The number of benzene rings is 4. The molecule has 4 aromatic carbocycles. The van der Waals surface area contributed by atoms with E-state index in [9.17, 15) is 10.5 Å². The zero-order chi connectivity index (χ0) is 28.0. The van der Waals surface area contributed by atoms with E-state index in [1.807, 2.05) is 72.8 Å². The van der Waals surface area contributed by atoms with Crippen LogP contribution in [-0.4, -0.2) is 14.2 Å². The molecular weight excluding hydrogens is 504 g/mol. The molecule has 2 aliphatic heterocycles. The minimum absolute atomic E-state index is 0.0217. The highest BCUT2D eigenvalue weighted by Gasteiger charge is 2.41. The lowest BCUT2D eigenvalue weighted by atomic mass is 9.76. The van der Waals surface area contributed by atoms with Crippen LogP contribution < -0.4 is 30.4 Å². The Morgan fingerprint density at radius 1 is 0.625 bits per heavy atom. The Morgan fingerprint density at radius 2 is 1.00 bits per heavy atom. The lowest BCUT2D eigenvalue weighted by Gasteiger charge is -2.34. The highest BCUT2D eigenvalue weighted by atomic mass is 16.5. The Balaban J connectivity index is 1.69. The summed E-state index contributed by atoms with van der Waals surface area (Å²) >= 11 is 0. The molecule has 2 aliphatic rings. The van der Waals surface area contributed by atoms with Crippen molar-refractivity contribution in [2.75, 3.05) is 14.2 Å². The molecule has 6 rings (SSSR count). The molecule has 4 N–H and O–H groups in total. The van der Waals surface area contributed by atoms with Gasteiger partial charge < -0.3 is 30.4 Å². The van der Waals surface area contributed by atoms with Crippen LogP contribution in [0, 0.1) is 22.7 Å². The number of ether oxygens (including phenoxy) is 4. The van der Waals surface area contributed by atoms with Gasteiger partial charge in [-0.3, -0.25) is 0 Å². The number of nitrogens with zero attached hydrogens (tertiary/aromatic N) is 2. The normalized spacial score (nSPS) is 17.6. The second-order valence-corrected chi connectivity index (χ2v) is 9.43. The number of allylic oxidation sites excluding steroid dienone is 2. The molecule has 0 spiro atoms. The first-order valence-corrected chi connectivity index (χ1v) is 12.5. The standard InChI is InChI=1S/C32H24N4O4/c1-37-19-11-7-17(8-12-19)25-23(15-33)31(35)39-29-27(25)21-5-3-4-6-22(21)28-26(18-9-13-20(38-2)14-10-18)24(16-34)32(36)40-30(28)29/h3-14,25-26H,35-36H2,1-2H3. The molecule has 8 nitrogen and oxygen atoms in total. The van der Waals surface area contributed by atoms with Gasteiger partial charge in [-0.25, -0.2) is 0 Å². The third kappa shape index (κ3) is 3.66. The van der Waals surface area contributed by atoms with Crippen molar-refractivity contribution >= 4 is 10.8 Å². The zero-order valence-electron chi connectivity index (χ0n) is 21.8. The predicted molar refractivity (Wildman–Crippen MR) is 149 cm³/mol. The molecule has 0 radical (unpaired) electrons. The molecule has 0 amide bonds. The van der Waals surface area contributed by atoms with Crippen molar-refractivity contribution in [3.8, 4) is 35.1 Å². The fraction of sp³-hybridized carbons (Fsp3) is 0.125. The SMILES string of the molecule is COc1ccc(C2C(C#N)=C(N)Oc3c4c(c5ccccc5c32)C(c2ccc(OC)cc2)C(C#N)=C(N)O4)cc1. The third-order valence-electron chi connectivity index (χ3n) is 7.45. The van der Waals surface area contributed by atoms with E-state index < -0.39 is 11.8 Å². The van der Waals surface area contributed by atoms with Crippen molar-refractivity contribution in [1.82, 2.24) is 0 Å². The Kier molecular flexibility index (Phi) is 5.94. The molecule has 0 saturated carbocycles. The van der Waals surface area contributed by atoms with Gasteiger partial charge in [-0.1, -0.05) is 48.5 Å². The number of hydrogen-bond acceptors (Lipinski definition) is 8. The number of methoxy groups -OCH3 is 2. The minimum Gasteiger partial charge on any atom is -0.497 e. The predicted octanol–water partition coefficient (Wildman–Crippen LogP) is 5.29. The van der Waals surface area contributed by atoms with Crippen LogP contribution in [0.4, 0.5) is 0 Å². The van der Waals surface area contributed by atoms with Crippen LogP contribution in [0.2, 0.25) is 0 Å². The number of fused-ring (bicyclic) bond motifs is 6. The summed E-state index contributed by atoms with van der Waals surface area (Å²) in [4.78, 5) is 0. The maximum absolute atomic E-state index is 10.2. The van der Waals surface area contributed by atoms with Gasteiger partial charge in [0.05, 0.1) is 26.1 Å². The van der Waals surface area contributed by atoms with Crippen molar-refractivity contribution < 1.29 is 18.9 Å². The fourth-order valence-corrected chi connectivity index (χ4v) is 5.62. The summed E-state index contributed by atoms with van der Waals surface area (Å²) in [5.41, 5.74) is 16.4. The van der Waals surface area contributed by atoms with E-state index in [1.165, 1.54) is 0 Å². The fourth-order valence-electron chi connectivity index (χ4n) is 5.62. The smallest absolute Gasteiger partial charge is 0.205 e. The number of nitriles is 2. The largest absolute Gasteiger partial charge is 0.497 e. The molecule has 40 heavy (non-hydrogen) atoms. The molecule has 8 heteroatoms. The Labute approximate surface area is 230 Å². The van der Waals surface area contributed by atoms with Crippen molar-refractivity contribution in [3.05, 3.63) is 118 Å². The molecule has 0 fully saturated rings. The maximum Gasteiger partial charge on any atom is 0.205 e. The molecule has 0 aromatic heterocycles. The molecule has 2 atom stereocenters. The summed E-state index contributed by atoms with van der Waals surface area (Å²) in [7, 11) is 3.20. The first-order chi connectivity index (χ1) is 19.5. The van der Waals surface area contributed by atoms with Gasteiger partial charge in [0.15, 0.2) is 11.5 Å². The summed E-state index contributed by atoms with van der Waals surface area (Å²) < 4.78 is 23.1. The average molecular weight is 529 g/mol. The van der Waals surface area contributed by atoms with Gasteiger partial charge in [0.2, 0.25) is 11.8 Å². The third-order valence-corrected chi connectivity index (χ3v) is 7.45. The average Bonchev–Trinajstić information content (AvgIpc) is 3.00. The van der Waals surface area contributed by atoms with Gasteiger partial charge in [0.1, 0.15) is 34.8 Å². The van der Waals surface area contributed by atoms with E-state index in [4.69, 9.17) is 30.4 Å². The van der Waals surface area contributed by atoms with E-state index in [1.54, 1.807) is 14.2 Å². The molecule has 0 bridgehead atoms. The summed E-state index contributed by atoms with van der Waals surface area (Å²) in [6.07, 6.45) is 0. The number of hydrogen-bond donors (Lipinski definition) is 2. The van der Waals surface area contributed by atoms with E-state index in [-0.39, 0.29) is 22.9 Å². The van der Waals surface area contributed by atoms with Gasteiger partial charge in [0, 0.05) is 11.1 Å². The van der Waals surface area contributed by atoms with Gasteiger partial charge >= 0.3 is 0 Å². The lowest BCUT2D eigenvalue weighted by molar-refractivity contribution is 0.337. The molecule has 4 aromatic rings. The van der Waals surface area contributed by atoms with E-state index >= 15 is 0 Å². The van der Waals surface area contributed by atoms with Crippen LogP contribution >= 0.6 is 0 Å². The van der Waals surface area contributed by atoms with Crippen LogP contribution in [-0.2, 0) is 0 Å². The van der Waals surface area contributed by atoms with E-state index in [2.05, 4.69) is 12.1 Å².